The summed E-state index contributed by atoms with van der Waals surface area (Å²) in [4.78, 5) is 26.3. The van der Waals surface area contributed by atoms with Crippen LogP contribution in [0.3, 0.4) is 0 Å². The average Bonchev–Trinajstić information content (AvgIpc) is 3.41. The molecular formula is C23H20ClN3O2S2. The van der Waals surface area contributed by atoms with Crippen LogP contribution in [0.2, 0.25) is 5.02 Å². The number of hydrogen-bond donors (Lipinski definition) is 2. The van der Waals surface area contributed by atoms with Gasteiger partial charge in [-0.1, -0.05) is 41.9 Å². The van der Waals surface area contributed by atoms with E-state index in [1.54, 1.807) is 18.2 Å². The maximum Gasteiger partial charge on any atom is 0.261 e. The number of fused-ring (bicyclic) bond motifs is 1. The molecule has 2 amide bonds. The third-order valence-electron chi connectivity index (χ3n) is 4.60. The molecule has 0 atom stereocenters. The molecule has 0 bridgehead atoms. The SMILES string of the molecule is O=C(CSc1cn(CCNC(=O)c2cccs2)c2ccccc12)Nc1cccc(Cl)c1. The van der Waals surface area contributed by atoms with Gasteiger partial charge >= 0.3 is 0 Å². The van der Waals surface area contributed by atoms with Crippen molar-refractivity contribution >= 4 is 63.1 Å². The van der Waals surface area contributed by atoms with Crippen molar-refractivity contribution in [1.29, 1.82) is 0 Å². The minimum absolute atomic E-state index is 0.0567. The van der Waals surface area contributed by atoms with E-state index in [-0.39, 0.29) is 17.6 Å². The van der Waals surface area contributed by atoms with Crippen LogP contribution < -0.4 is 10.6 Å². The van der Waals surface area contributed by atoms with Crippen LogP contribution in [0.15, 0.2) is 77.1 Å². The molecule has 2 aromatic carbocycles. The Morgan fingerprint density at radius 3 is 2.74 bits per heavy atom. The molecule has 0 aliphatic carbocycles. The molecule has 4 rings (SSSR count). The number of anilines is 1. The van der Waals surface area contributed by atoms with Gasteiger partial charge in [-0.05, 0) is 35.7 Å². The van der Waals surface area contributed by atoms with Crippen LogP contribution in [-0.4, -0.2) is 28.7 Å². The van der Waals surface area contributed by atoms with E-state index in [0.29, 0.717) is 28.7 Å². The second-order valence-corrected chi connectivity index (χ2v) is 9.19. The third kappa shape index (κ3) is 5.50. The minimum Gasteiger partial charge on any atom is -0.350 e. The lowest BCUT2D eigenvalue weighted by Crippen LogP contribution is -2.26. The van der Waals surface area contributed by atoms with Crippen molar-refractivity contribution in [3.8, 4) is 0 Å². The Bertz CT molecular complexity index is 1200. The fourth-order valence-electron chi connectivity index (χ4n) is 3.20. The van der Waals surface area contributed by atoms with Crippen LogP contribution in [0.5, 0.6) is 0 Å². The van der Waals surface area contributed by atoms with Crippen molar-refractivity contribution in [2.24, 2.45) is 0 Å². The number of hydrogen-bond acceptors (Lipinski definition) is 4. The second-order valence-electron chi connectivity index (χ2n) is 6.78. The van der Waals surface area contributed by atoms with Crippen LogP contribution in [0.1, 0.15) is 9.67 Å². The first-order chi connectivity index (χ1) is 15.1. The quantitative estimate of drug-likeness (QED) is 0.334. The lowest BCUT2D eigenvalue weighted by atomic mass is 10.2. The molecule has 31 heavy (non-hydrogen) atoms. The van der Waals surface area contributed by atoms with E-state index < -0.39 is 0 Å². The molecule has 0 unspecified atom stereocenters. The number of halogens is 1. The van der Waals surface area contributed by atoms with Crippen molar-refractivity contribution in [2.45, 2.75) is 11.4 Å². The summed E-state index contributed by atoms with van der Waals surface area (Å²) in [7, 11) is 0. The Hall–Kier alpha value is -2.74. The Labute approximate surface area is 193 Å². The number of thiophene rings is 1. The number of thioether (sulfide) groups is 1. The van der Waals surface area contributed by atoms with Crippen LogP contribution >= 0.6 is 34.7 Å². The van der Waals surface area contributed by atoms with Crippen molar-refractivity contribution in [1.82, 2.24) is 9.88 Å². The van der Waals surface area contributed by atoms with E-state index in [1.807, 2.05) is 54.0 Å². The number of rotatable bonds is 8. The molecule has 2 N–H and O–H groups in total. The smallest absolute Gasteiger partial charge is 0.261 e. The number of para-hydroxylation sites is 1. The Morgan fingerprint density at radius 1 is 1.06 bits per heavy atom. The topological polar surface area (TPSA) is 63.1 Å². The lowest BCUT2D eigenvalue weighted by Gasteiger charge is -2.06. The molecule has 2 aromatic heterocycles. The first kappa shape index (κ1) is 21.5. The molecular weight excluding hydrogens is 450 g/mol. The predicted octanol–water partition coefficient (Wildman–Crippen LogP) is 5.52. The first-order valence-electron chi connectivity index (χ1n) is 9.68. The minimum atomic E-state index is -0.0905. The average molecular weight is 470 g/mol. The van der Waals surface area contributed by atoms with Gasteiger partial charge in [0.25, 0.3) is 5.91 Å². The van der Waals surface area contributed by atoms with Crippen molar-refractivity contribution in [3.05, 3.63) is 82.1 Å². The van der Waals surface area contributed by atoms with E-state index in [2.05, 4.69) is 15.2 Å². The number of carbonyl (C=O) groups is 2. The summed E-state index contributed by atoms with van der Waals surface area (Å²) in [5.41, 5.74) is 1.76. The fraction of sp³-hybridized carbons (Fsp3) is 0.130. The van der Waals surface area contributed by atoms with Crippen LogP contribution in [-0.2, 0) is 11.3 Å². The van der Waals surface area contributed by atoms with Gasteiger partial charge in [0.2, 0.25) is 5.91 Å². The summed E-state index contributed by atoms with van der Waals surface area (Å²) in [6.07, 6.45) is 2.04. The molecule has 5 nitrogen and oxygen atoms in total. The lowest BCUT2D eigenvalue weighted by molar-refractivity contribution is -0.113. The van der Waals surface area contributed by atoms with Gasteiger partial charge in [-0.15, -0.1) is 23.1 Å². The molecule has 0 fully saturated rings. The van der Waals surface area contributed by atoms with Gasteiger partial charge in [0, 0.05) is 45.8 Å². The highest BCUT2D eigenvalue weighted by molar-refractivity contribution is 8.00. The Balaban J connectivity index is 1.39. The van der Waals surface area contributed by atoms with E-state index in [9.17, 15) is 9.59 Å². The van der Waals surface area contributed by atoms with Gasteiger partial charge in [-0.2, -0.15) is 0 Å². The van der Waals surface area contributed by atoms with Crippen LogP contribution in [0, 0.1) is 0 Å². The molecule has 158 valence electrons. The molecule has 0 aliphatic heterocycles. The van der Waals surface area contributed by atoms with Gasteiger partial charge in [-0.3, -0.25) is 9.59 Å². The summed E-state index contributed by atoms with van der Waals surface area (Å²) in [6, 6.07) is 18.9. The normalized spacial score (nSPS) is 10.9. The van der Waals surface area contributed by atoms with Crippen LogP contribution in [0.4, 0.5) is 5.69 Å². The first-order valence-corrected chi connectivity index (χ1v) is 11.9. The zero-order chi connectivity index (χ0) is 21.6. The number of carbonyl (C=O) groups excluding carboxylic acids is 2. The standard InChI is InChI=1S/C23H20ClN3O2S2/c24-16-5-3-6-17(13-16)26-22(28)15-31-21-14-27(19-8-2-1-7-18(19)21)11-10-25-23(29)20-9-4-12-30-20/h1-9,12-14H,10-11,15H2,(H,25,29)(H,26,28). The van der Waals surface area contributed by atoms with Crippen LogP contribution in [0.25, 0.3) is 10.9 Å². The van der Waals surface area contributed by atoms with E-state index in [4.69, 9.17) is 11.6 Å². The largest absolute Gasteiger partial charge is 0.350 e. The van der Waals surface area contributed by atoms with E-state index in [0.717, 1.165) is 15.8 Å². The number of nitrogens with zero attached hydrogens (tertiary/aromatic N) is 1. The van der Waals surface area contributed by atoms with E-state index >= 15 is 0 Å². The highest BCUT2D eigenvalue weighted by Crippen LogP contribution is 2.30. The maximum absolute atomic E-state index is 12.4. The van der Waals surface area contributed by atoms with Gasteiger partial charge in [0.05, 0.1) is 10.6 Å². The maximum atomic E-state index is 12.4. The van der Waals surface area contributed by atoms with Crippen molar-refractivity contribution in [3.63, 3.8) is 0 Å². The van der Waals surface area contributed by atoms with Gasteiger partial charge in [0.15, 0.2) is 0 Å². The summed E-state index contributed by atoms with van der Waals surface area (Å²) in [5.74, 6) is 0.140. The third-order valence-corrected chi connectivity index (χ3v) is 6.75. The summed E-state index contributed by atoms with van der Waals surface area (Å²) < 4.78 is 2.11. The number of amides is 2. The fourth-order valence-corrected chi connectivity index (χ4v) is 4.92. The molecule has 0 saturated heterocycles. The molecule has 0 radical (unpaired) electrons. The van der Waals surface area contributed by atoms with Crippen molar-refractivity contribution in [2.75, 3.05) is 17.6 Å². The molecule has 0 saturated carbocycles. The molecule has 2 heterocycles. The molecule has 0 aliphatic rings. The number of nitrogens with one attached hydrogen (secondary N) is 2. The van der Waals surface area contributed by atoms with E-state index in [1.165, 1.54) is 23.1 Å². The highest BCUT2D eigenvalue weighted by Gasteiger charge is 2.12. The zero-order valence-corrected chi connectivity index (χ0v) is 18.9. The summed E-state index contributed by atoms with van der Waals surface area (Å²) in [6.45, 7) is 1.17. The predicted molar refractivity (Wildman–Crippen MR) is 129 cm³/mol. The molecule has 8 heteroatoms. The monoisotopic (exact) mass is 469 g/mol. The van der Waals surface area contributed by atoms with Gasteiger partial charge < -0.3 is 15.2 Å². The summed E-state index contributed by atoms with van der Waals surface area (Å²) in [5, 5.41) is 9.39. The summed E-state index contributed by atoms with van der Waals surface area (Å²) >= 11 is 8.89. The zero-order valence-electron chi connectivity index (χ0n) is 16.5. The van der Waals surface area contributed by atoms with Crippen molar-refractivity contribution < 1.29 is 9.59 Å². The van der Waals surface area contributed by atoms with Gasteiger partial charge in [-0.25, -0.2) is 0 Å². The Morgan fingerprint density at radius 2 is 1.94 bits per heavy atom. The van der Waals surface area contributed by atoms with Gasteiger partial charge in [0.1, 0.15) is 0 Å². The molecule has 0 spiro atoms. The Kier molecular flexibility index (Phi) is 6.96. The number of aromatic nitrogens is 1. The second kappa shape index (κ2) is 10.0. The molecule has 4 aromatic rings. The number of benzene rings is 2. The highest BCUT2D eigenvalue weighted by atomic mass is 35.5.